The molecule has 1 unspecified atom stereocenters. The van der Waals surface area contributed by atoms with Crippen LogP contribution in [0.1, 0.15) is 5.89 Å². The third-order valence-electron chi connectivity index (χ3n) is 2.65. The lowest BCUT2D eigenvalue weighted by Crippen LogP contribution is -2.39. The van der Waals surface area contributed by atoms with E-state index in [1.165, 1.54) is 0 Å². The van der Waals surface area contributed by atoms with Gasteiger partial charge in [-0.3, -0.25) is 0 Å². The zero-order chi connectivity index (χ0) is 11.5. The topological polar surface area (TPSA) is 73.3 Å². The molecule has 1 aliphatic heterocycles. The second kappa shape index (κ2) is 4.68. The van der Waals surface area contributed by atoms with Crippen LogP contribution >= 0.6 is 0 Å². The van der Waals surface area contributed by atoms with Crippen LogP contribution in [0.15, 0.2) is 27.5 Å². The predicted octanol–water partition coefficient (Wildman–Crippen LogP) is 0.860. The minimum absolute atomic E-state index is 0.112. The molecule has 17 heavy (non-hydrogen) atoms. The number of ether oxygens (including phenoxy) is 1. The molecule has 1 aliphatic rings. The molecule has 0 spiro atoms. The number of nitrogens with one attached hydrogen (secondary N) is 1. The molecule has 0 saturated carbocycles. The van der Waals surface area contributed by atoms with Gasteiger partial charge in [0.1, 0.15) is 6.26 Å². The van der Waals surface area contributed by atoms with Gasteiger partial charge in [-0.2, -0.15) is 4.98 Å². The highest BCUT2D eigenvalue weighted by atomic mass is 16.5. The Balaban J connectivity index is 1.68. The van der Waals surface area contributed by atoms with Crippen molar-refractivity contribution in [2.45, 2.75) is 12.5 Å². The first kappa shape index (κ1) is 10.5. The lowest BCUT2D eigenvalue weighted by Gasteiger charge is -2.21. The Labute approximate surface area is 98.0 Å². The Hall–Kier alpha value is -1.66. The molecule has 0 radical (unpaired) electrons. The Morgan fingerprint density at radius 3 is 3.24 bits per heavy atom. The Morgan fingerprint density at radius 1 is 1.47 bits per heavy atom. The molecule has 3 rings (SSSR count). The standard InChI is InChI=1S/C11H13N3O3/c1-3-15-7-8(1)11-13-10(17-14-11)5-9-6-12-2-4-16-9/h1,3,7,9,12H,2,4-6H2. The van der Waals surface area contributed by atoms with E-state index < -0.39 is 0 Å². The van der Waals surface area contributed by atoms with Crippen molar-refractivity contribution in [2.24, 2.45) is 0 Å². The fraction of sp³-hybridized carbons (Fsp3) is 0.455. The number of hydrogen-bond donors (Lipinski definition) is 1. The summed E-state index contributed by atoms with van der Waals surface area (Å²) in [5.74, 6) is 1.15. The number of nitrogens with zero attached hydrogens (tertiary/aromatic N) is 2. The Morgan fingerprint density at radius 2 is 2.47 bits per heavy atom. The average Bonchev–Trinajstić information content (AvgIpc) is 3.00. The molecule has 1 saturated heterocycles. The highest BCUT2D eigenvalue weighted by Gasteiger charge is 2.18. The molecule has 6 nitrogen and oxygen atoms in total. The van der Waals surface area contributed by atoms with Crippen LogP contribution in [-0.2, 0) is 11.2 Å². The molecular formula is C11H13N3O3. The second-order valence-electron chi connectivity index (χ2n) is 3.92. The van der Waals surface area contributed by atoms with Gasteiger partial charge in [-0.15, -0.1) is 0 Å². The first-order valence-electron chi connectivity index (χ1n) is 5.59. The fourth-order valence-electron chi connectivity index (χ4n) is 1.79. The lowest BCUT2D eigenvalue weighted by molar-refractivity contribution is 0.0246. The van der Waals surface area contributed by atoms with Crippen molar-refractivity contribution in [3.05, 3.63) is 24.5 Å². The fourth-order valence-corrected chi connectivity index (χ4v) is 1.79. The van der Waals surface area contributed by atoms with Crippen molar-refractivity contribution >= 4 is 0 Å². The molecule has 1 atom stereocenters. The van der Waals surface area contributed by atoms with Crippen molar-refractivity contribution in [3.8, 4) is 11.4 Å². The van der Waals surface area contributed by atoms with Crippen LogP contribution in [0.3, 0.4) is 0 Å². The largest absolute Gasteiger partial charge is 0.472 e. The van der Waals surface area contributed by atoms with Crippen LogP contribution in [-0.4, -0.2) is 35.9 Å². The number of furan rings is 1. The summed E-state index contributed by atoms with van der Waals surface area (Å²) < 4.78 is 15.7. The summed E-state index contributed by atoms with van der Waals surface area (Å²) in [6, 6.07) is 1.80. The normalized spacial score (nSPS) is 20.6. The third kappa shape index (κ3) is 2.37. The van der Waals surface area contributed by atoms with E-state index in [9.17, 15) is 0 Å². The first-order chi connectivity index (χ1) is 8.42. The van der Waals surface area contributed by atoms with Crippen molar-refractivity contribution < 1.29 is 13.7 Å². The van der Waals surface area contributed by atoms with Crippen LogP contribution < -0.4 is 5.32 Å². The van der Waals surface area contributed by atoms with Gasteiger partial charge in [0, 0.05) is 13.1 Å². The number of morpholine rings is 1. The van der Waals surface area contributed by atoms with E-state index in [4.69, 9.17) is 13.7 Å². The summed E-state index contributed by atoms with van der Waals surface area (Å²) in [4.78, 5) is 4.30. The van der Waals surface area contributed by atoms with E-state index in [1.54, 1.807) is 18.6 Å². The quantitative estimate of drug-likeness (QED) is 0.850. The van der Waals surface area contributed by atoms with E-state index in [-0.39, 0.29) is 6.10 Å². The van der Waals surface area contributed by atoms with E-state index in [2.05, 4.69) is 15.5 Å². The summed E-state index contributed by atoms with van der Waals surface area (Å²) in [5, 5.41) is 7.16. The number of hydrogen-bond acceptors (Lipinski definition) is 6. The van der Waals surface area contributed by atoms with E-state index in [0.29, 0.717) is 18.1 Å². The van der Waals surface area contributed by atoms with Crippen LogP contribution in [0.4, 0.5) is 0 Å². The zero-order valence-corrected chi connectivity index (χ0v) is 9.26. The van der Waals surface area contributed by atoms with Gasteiger partial charge in [0.05, 0.1) is 31.0 Å². The minimum Gasteiger partial charge on any atom is -0.472 e. The van der Waals surface area contributed by atoms with Crippen molar-refractivity contribution in [2.75, 3.05) is 19.7 Å². The van der Waals surface area contributed by atoms with Gasteiger partial charge in [-0.1, -0.05) is 5.16 Å². The molecule has 1 fully saturated rings. The van der Waals surface area contributed by atoms with Gasteiger partial charge in [0.2, 0.25) is 11.7 Å². The molecular weight excluding hydrogens is 222 g/mol. The van der Waals surface area contributed by atoms with Crippen molar-refractivity contribution in [1.29, 1.82) is 0 Å². The molecule has 6 heteroatoms. The van der Waals surface area contributed by atoms with Gasteiger partial charge in [-0.05, 0) is 6.07 Å². The second-order valence-corrected chi connectivity index (χ2v) is 3.92. The number of rotatable bonds is 3. The molecule has 0 amide bonds. The molecule has 3 heterocycles. The average molecular weight is 235 g/mol. The van der Waals surface area contributed by atoms with Crippen molar-refractivity contribution in [1.82, 2.24) is 15.5 Å². The molecule has 90 valence electrons. The molecule has 2 aromatic heterocycles. The monoisotopic (exact) mass is 235 g/mol. The molecule has 1 N–H and O–H groups in total. The highest BCUT2D eigenvalue weighted by Crippen LogP contribution is 2.16. The summed E-state index contributed by atoms with van der Waals surface area (Å²) >= 11 is 0. The first-order valence-corrected chi connectivity index (χ1v) is 5.59. The van der Waals surface area contributed by atoms with E-state index in [1.807, 2.05) is 0 Å². The molecule has 2 aromatic rings. The molecule has 0 aliphatic carbocycles. The van der Waals surface area contributed by atoms with Gasteiger partial charge < -0.3 is 19.0 Å². The lowest BCUT2D eigenvalue weighted by atomic mass is 10.2. The maximum atomic E-state index is 5.57. The van der Waals surface area contributed by atoms with Gasteiger partial charge in [0.25, 0.3) is 0 Å². The van der Waals surface area contributed by atoms with Crippen LogP contribution in [0.5, 0.6) is 0 Å². The zero-order valence-electron chi connectivity index (χ0n) is 9.26. The van der Waals surface area contributed by atoms with Gasteiger partial charge >= 0.3 is 0 Å². The predicted molar refractivity (Wildman–Crippen MR) is 58.3 cm³/mol. The minimum atomic E-state index is 0.112. The summed E-state index contributed by atoms with van der Waals surface area (Å²) in [5.41, 5.74) is 0.822. The Kier molecular flexibility index (Phi) is 2.89. The maximum Gasteiger partial charge on any atom is 0.229 e. The molecule has 0 aromatic carbocycles. The van der Waals surface area contributed by atoms with Crippen LogP contribution in [0.25, 0.3) is 11.4 Å². The molecule has 0 bridgehead atoms. The summed E-state index contributed by atoms with van der Waals surface area (Å²) in [6.45, 7) is 2.46. The van der Waals surface area contributed by atoms with E-state index >= 15 is 0 Å². The maximum absolute atomic E-state index is 5.57. The van der Waals surface area contributed by atoms with Crippen LogP contribution in [0, 0.1) is 0 Å². The summed E-state index contributed by atoms with van der Waals surface area (Å²) in [6.07, 6.45) is 3.92. The van der Waals surface area contributed by atoms with Crippen molar-refractivity contribution in [3.63, 3.8) is 0 Å². The third-order valence-corrected chi connectivity index (χ3v) is 2.65. The van der Waals surface area contributed by atoms with Gasteiger partial charge in [-0.25, -0.2) is 0 Å². The Bertz CT molecular complexity index is 460. The van der Waals surface area contributed by atoms with Crippen LogP contribution in [0.2, 0.25) is 0 Å². The highest BCUT2D eigenvalue weighted by molar-refractivity contribution is 5.51. The number of aromatic nitrogens is 2. The smallest absolute Gasteiger partial charge is 0.229 e. The summed E-state index contributed by atoms with van der Waals surface area (Å²) in [7, 11) is 0. The van der Waals surface area contributed by atoms with E-state index in [0.717, 1.165) is 25.3 Å². The SMILES string of the molecule is c1cc(-c2noc(CC3CNCCO3)n2)co1. The van der Waals surface area contributed by atoms with Gasteiger partial charge in [0.15, 0.2) is 0 Å².